The highest BCUT2D eigenvalue weighted by atomic mass is 16.6. The predicted octanol–water partition coefficient (Wildman–Crippen LogP) is 4.72. The van der Waals surface area contributed by atoms with E-state index in [4.69, 9.17) is 4.74 Å². The molecule has 1 heterocycles. The van der Waals surface area contributed by atoms with Crippen LogP contribution in [0.4, 0.5) is 0 Å². The van der Waals surface area contributed by atoms with Crippen LogP contribution in [0, 0.1) is 5.92 Å². The molecule has 2 saturated carbocycles. The lowest BCUT2D eigenvalue weighted by Gasteiger charge is -2.00. The summed E-state index contributed by atoms with van der Waals surface area (Å²) in [5.74, 6) is 0.861. The Morgan fingerprint density at radius 2 is 1.31 bits per heavy atom. The van der Waals surface area contributed by atoms with E-state index in [0.717, 1.165) is 5.92 Å². The van der Waals surface area contributed by atoms with Crippen LogP contribution in [0.5, 0.6) is 0 Å². The SMILES string of the molecule is C1CCC2OC2C1.C=CC1CCCC1.CC. The number of hydrogen-bond acceptors (Lipinski definition) is 1. The molecule has 0 aromatic carbocycles. The molecule has 2 aliphatic carbocycles. The number of rotatable bonds is 1. The van der Waals surface area contributed by atoms with Gasteiger partial charge in [-0.2, -0.15) is 0 Å². The van der Waals surface area contributed by atoms with Gasteiger partial charge >= 0.3 is 0 Å². The van der Waals surface area contributed by atoms with E-state index in [9.17, 15) is 0 Å². The fourth-order valence-electron chi connectivity index (χ4n) is 2.57. The Hall–Kier alpha value is -0.300. The van der Waals surface area contributed by atoms with Crippen molar-refractivity contribution in [3.05, 3.63) is 12.7 Å². The lowest BCUT2D eigenvalue weighted by Crippen LogP contribution is -2.00. The van der Waals surface area contributed by atoms with Gasteiger partial charge in [0.1, 0.15) is 0 Å². The Morgan fingerprint density at radius 1 is 0.875 bits per heavy atom. The molecule has 0 spiro atoms. The molecular weight excluding hydrogens is 196 g/mol. The van der Waals surface area contributed by atoms with Gasteiger partial charge < -0.3 is 4.74 Å². The third-order valence-electron chi connectivity index (χ3n) is 3.65. The summed E-state index contributed by atoms with van der Waals surface area (Å²) in [4.78, 5) is 0. The smallest absolute Gasteiger partial charge is 0.0841 e. The Bertz CT molecular complexity index is 172. The zero-order valence-electron chi connectivity index (χ0n) is 11.1. The molecular formula is C15H28O. The van der Waals surface area contributed by atoms with Crippen LogP contribution in [-0.2, 0) is 4.74 Å². The van der Waals surface area contributed by atoms with E-state index in [1.165, 1.54) is 51.4 Å². The molecule has 1 saturated heterocycles. The van der Waals surface area contributed by atoms with Crippen molar-refractivity contribution in [2.45, 2.75) is 77.4 Å². The zero-order valence-corrected chi connectivity index (χ0v) is 11.1. The molecule has 3 fully saturated rings. The van der Waals surface area contributed by atoms with Gasteiger partial charge in [0.25, 0.3) is 0 Å². The Morgan fingerprint density at radius 3 is 1.62 bits per heavy atom. The van der Waals surface area contributed by atoms with Gasteiger partial charge in [-0.25, -0.2) is 0 Å². The topological polar surface area (TPSA) is 12.5 Å². The summed E-state index contributed by atoms with van der Waals surface area (Å²) in [6.07, 6.45) is 14.6. The Balaban J connectivity index is 0.000000139. The molecule has 0 N–H and O–H groups in total. The van der Waals surface area contributed by atoms with Gasteiger partial charge in [-0.1, -0.05) is 45.6 Å². The predicted molar refractivity (Wildman–Crippen MR) is 70.6 cm³/mol. The Kier molecular flexibility index (Phi) is 6.79. The summed E-state index contributed by atoms with van der Waals surface area (Å²) in [5.41, 5.74) is 0. The van der Waals surface area contributed by atoms with Gasteiger partial charge in [-0.3, -0.25) is 0 Å². The number of allylic oxidation sites excluding steroid dienone is 1. The van der Waals surface area contributed by atoms with Crippen molar-refractivity contribution in [2.75, 3.05) is 0 Å². The van der Waals surface area contributed by atoms with Gasteiger partial charge in [0.2, 0.25) is 0 Å². The summed E-state index contributed by atoms with van der Waals surface area (Å²) < 4.78 is 5.28. The summed E-state index contributed by atoms with van der Waals surface area (Å²) in [6.45, 7) is 7.74. The normalized spacial score (nSPS) is 31.4. The van der Waals surface area contributed by atoms with Gasteiger partial charge in [-0.15, -0.1) is 6.58 Å². The number of hydrogen-bond donors (Lipinski definition) is 0. The molecule has 1 aliphatic heterocycles. The van der Waals surface area contributed by atoms with Crippen LogP contribution in [0.2, 0.25) is 0 Å². The van der Waals surface area contributed by atoms with E-state index in [-0.39, 0.29) is 0 Å². The minimum atomic E-state index is 0.703. The van der Waals surface area contributed by atoms with E-state index in [1.807, 2.05) is 13.8 Å². The van der Waals surface area contributed by atoms with Crippen molar-refractivity contribution in [3.8, 4) is 0 Å². The van der Waals surface area contributed by atoms with Crippen LogP contribution in [0.15, 0.2) is 12.7 Å². The lowest BCUT2D eigenvalue weighted by atomic mass is 10.0. The van der Waals surface area contributed by atoms with E-state index < -0.39 is 0 Å². The molecule has 2 atom stereocenters. The van der Waals surface area contributed by atoms with Crippen molar-refractivity contribution in [1.29, 1.82) is 0 Å². The quantitative estimate of drug-likeness (QED) is 0.464. The minimum absolute atomic E-state index is 0.703. The monoisotopic (exact) mass is 224 g/mol. The van der Waals surface area contributed by atoms with Crippen molar-refractivity contribution in [3.63, 3.8) is 0 Å². The molecule has 3 aliphatic rings. The molecule has 0 bridgehead atoms. The first-order valence-electron chi connectivity index (χ1n) is 7.18. The largest absolute Gasteiger partial charge is 0.370 e. The van der Waals surface area contributed by atoms with Gasteiger partial charge in [0, 0.05) is 0 Å². The van der Waals surface area contributed by atoms with E-state index >= 15 is 0 Å². The van der Waals surface area contributed by atoms with Crippen molar-refractivity contribution >= 4 is 0 Å². The maximum atomic E-state index is 5.28. The average Bonchev–Trinajstić information content (AvgIpc) is 2.96. The second-order valence-electron chi connectivity index (χ2n) is 4.78. The average molecular weight is 224 g/mol. The summed E-state index contributed by atoms with van der Waals surface area (Å²) in [7, 11) is 0. The standard InChI is InChI=1S/C7H12.C6H10O.C2H6/c1-2-7-5-3-4-6-7;1-2-4-6-5(3-1)7-6;1-2/h2,7H,1,3-6H2;5-6H,1-4H2;1-2H3. The molecule has 2 unspecified atom stereocenters. The van der Waals surface area contributed by atoms with Crippen LogP contribution >= 0.6 is 0 Å². The first kappa shape index (κ1) is 13.8. The van der Waals surface area contributed by atoms with Crippen molar-refractivity contribution in [1.82, 2.24) is 0 Å². The fourth-order valence-corrected chi connectivity index (χ4v) is 2.57. The minimum Gasteiger partial charge on any atom is -0.370 e. The van der Waals surface area contributed by atoms with Gasteiger partial charge in [0.05, 0.1) is 12.2 Å². The van der Waals surface area contributed by atoms with Crippen molar-refractivity contribution < 1.29 is 4.74 Å². The van der Waals surface area contributed by atoms with Gasteiger partial charge in [0.15, 0.2) is 0 Å². The highest BCUT2D eigenvalue weighted by Crippen LogP contribution is 2.35. The molecule has 16 heavy (non-hydrogen) atoms. The zero-order chi connectivity index (χ0) is 11.8. The highest BCUT2D eigenvalue weighted by molar-refractivity contribution is 4.87. The van der Waals surface area contributed by atoms with Crippen LogP contribution < -0.4 is 0 Å². The molecule has 0 aromatic heterocycles. The van der Waals surface area contributed by atoms with E-state index in [0.29, 0.717) is 12.2 Å². The number of ether oxygens (including phenoxy) is 1. The van der Waals surface area contributed by atoms with Crippen LogP contribution in [0.25, 0.3) is 0 Å². The molecule has 94 valence electrons. The van der Waals surface area contributed by atoms with Crippen LogP contribution in [0.3, 0.4) is 0 Å². The third kappa shape index (κ3) is 4.69. The Labute approximate surface area is 101 Å². The second kappa shape index (κ2) is 7.89. The molecule has 1 nitrogen and oxygen atoms in total. The summed E-state index contributed by atoms with van der Waals surface area (Å²) in [5, 5.41) is 0. The van der Waals surface area contributed by atoms with Crippen LogP contribution in [0.1, 0.15) is 65.2 Å². The first-order valence-corrected chi connectivity index (χ1v) is 7.18. The summed E-state index contributed by atoms with van der Waals surface area (Å²) >= 11 is 0. The number of fused-ring (bicyclic) bond motifs is 1. The van der Waals surface area contributed by atoms with Crippen molar-refractivity contribution in [2.24, 2.45) is 5.92 Å². The number of epoxide rings is 1. The lowest BCUT2D eigenvalue weighted by molar-refractivity contribution is 0.373. The molecule has 0 aromatic rings. The molecule has 1 heteroatoms. The molecule has 0 amide bonds. The second-order valence-corrected chi connectivity index (χ2v) is 4.78. The molecule has 0 radical (unpaired) electrons. The summed E-state index contributed by atoms with van der Waals surface area (Å²) in [6, 6.07) is 0. The maximum absolute atomic E-state index is 5.28. The molecule has 3 rings (SSSR count). The first-order chi connectivity index (χ1) is 7.90. The third-order valence-corrected chi connectivity index (χ3v) is 3.65. The highest BCUT2D eigenvalue weighted by Gasteiger charge is 2.39. The van der Waals surface area contributed by atoms with E-state index in [2.05, 4.69) is 12.7 Å². The van der Waals surface area contributed by atoms with Gasteiger partial charge in [-0.05, 0) is 31.6 Å². The van der Waals surface area contributed by atoms with E-state index in [1.54, 1.807) is 0 Å². The maximum Gasteiger partial charge on any atom is 0.0841 e. The fraction of sp³-hybridized carbons (Fsp3) is 0.867. The van der Waals surface area contributed by atoms with Crippen LogP contribution in [-0.4, -0.2) is 12.2 Å².